The molecule has 0 saturated heterocycles. The Kier molecular flexibility index (Phi) is 2.86. The Morgan fingerprint density at radius 3 is 2.56 bits per heavy atom. The minimum Gasteiger partial charge on any atom is -0.475 e. The zero-order valence-electron chi connectivity index (χ0n) is 4.37. The van der Waals surface area contributed by atoms with Crippen LogP contribution < -0.4 is 4.91 Å². The van der Waals surface area contributed by atoms with E-state index in [9.17, 15) is 9.59 Å². The largest absolute Gasteiger partial charge is 0.475 e. The van der Waals surface area contributed by atoms with Crippen LogP contribution in [0.2, 0.25) is 0 Å². The molecule has 0 saturated carbocycles. The summed E-state index contributed by atoms with van der Waals surface area (Å²) in [6.07, 6.45) is 0. The molecule has 0 aliphatic rings. The molecule has 0 atom stereocenters. The number of hydrogen-bond acceptors (Lipinski definition) is 4. The summed E-state index contributed by atoms with van der Waals surface area (Å²) in [5, 5.41) is 10.8. The van der Waals surface area contributed by atoms with Crippen molar-refractivity contribution in [3.63, 3.8) is 0 Å². The molecule has 6 heteroatoms. The standard InChI is InChI=1S/C3H3N3O3/c4-6-5-1-2(7)3(8)9/h4H,1H2/p+1. The second-order valence-electron chi connectivity index (χ2n) is 1.13. The number of rotatable bonds is 3. The number of carbonyl (C=O) groups is 2. The number of nitrogens with one attached hydrogen (secondary N) is 1. The molecule has 48 valence electrons. The van der Waals surface area contributed by atoms with E-state index in [4.69, 9.17) is 10.6 Å². The predicted molar refractivity (Wildman–Crippen MR) is 24.8 cm³/mol. The van der Waals surface area contributed by atoms with Crippen molar-refractivity contribution in [2.75, 3.05) is 6.54 Å². The molecular formula is C3H4N3O3+. The van der Waals surface area contributed by atoms with Gasteiger partial charge in [-0.2, -0.15) is 0 Å². The fourth-order valence-electron chi connectivity index (χ4n) is 0.167. The molecule has 0 aliphatic heterocycles. The van der Waals surface area contributed by atoms with Crippen LogP contribution in [-0.4, -0.2) is 23.4 Å². The molecule has 2 N–H and O–H groups in total. The fourth-order valence-corrected chi connectivity index (χ4v) is 0.167. The summed E-state index contributed by atoms with van der Waals surface area (Å²) >= 11 is 0. The van der Waals surface area contributed by atoms with Crippen molar-refractivity contribution in [3.8, 4) is 0 Å². The molecule has 0 bridgehead atoms. The quantitative estimate of drug-likeness (QED) is 0.296. The highest BCUT2D eigenvalue weighted by Gasteiger charge is 2.11. The molecule has 0 aromatic rings. The lowest BCUT2D eigenvalue weighted by atomic mass is 10.4. The van der Waals surface area contributed by atoms with Crippen LogP contribution in [0.3, 0.4) is 0 Å². The molecule has 6 nitrogen and oxygen atoms in total. The van der Waals surface area contributed by atoms with Crippen molar-refractivity contribution in [2.45, 2.75) is 0 Å². The number of carboxylic acids is 1. The van der Waals surface area contributed by atoms with Crippen molar-refractivity contribution in [1.82, 2.24) is 4.91 Å². The van der Waals surface area contributed by atoms with Crippen LogP contribution in [0.25, 0.3) is 0 Å². The minimum atomic E-state index is -1.55. The number of carboxylic acid groups (broad SMARTS) is 1. The third kappa shape index (κ3) is 3.07. The maximum atomic E-state index is 10.1. The second-order valence-corrected chi connectivity index (χ2v) is 1.13. The van der Waals surface area contributed by atoms with Gasteiger partial charge in [-0.3, -0.25) is 4.79 Å². The van der Waals surface area contributed by atoms with Crippen LogP contribution in [0.5, 0.6) is 0 Å². The third-order valence-corrected chi connectivity index (χ3v) is 0.524. The van der Waals surface area contributed by atoms with Gasteiger partial charge >= 0.3 is 5.97 Å². The highest BCUT2D eigenvalue weighted by atomic mass is 16.4. The van der Waals surface area contributed by atoms with Crippen LogP contribution in [0.15, 0.2) is 5.11 Å². The van der Waals surface area contributed by atoms with E-state index >= 15 is 0 Å². The monoisotopic (exact) mass is 130 g/mol. The van der Waals surface area contributed by atoms with Crippen LogP contribution in [0.1, 0.15) is 0 Å². The molecule has 0 aromatic carbocycles. The number of Topliss-reactive ketones (excluding diaryl/α,β-unsaturated/α-hetero) is 1. The van der Waals surface area contributed by atoms with Crippen LogP contribution in [0.4, 0.5) is 0 Å². The van der Waals surface area contributed by atoms with E-state index < -0.39 is 18.3 Å². The second kappa shape index (κ2) is 3.45. The summed E-state index contributed by atoms with van der Waals surface area (Å²) in [5.41, 5.74) is 6.05. The first kappa shape index (κ1) is 7.45. The van der Waals surface area contributed by atoms with Crippen molar-refractivity contribution in [1.29, 1.82) is 5.53 Å². The van der Waals surface area contributed by atoms with Gasteiger partial charge in [0.2, 0.25) is 4.91 Å². The number of nitrogens with zero attached hydrogens (tertiary/aromatic N) is 2. The summed E-state index contributed by atoms with van der Waals surface area (Å²) in [6.45, 7) is -0.557. The van der Waals surface area contributed by atoms with Gasteiger partial charge in [-0.25, -0.2) is 4.79 Å². The van der Waals surface area contributed by atoms with Crippen LogP contribution in [-0.2, 0) is 9.59 Å². The lowest BCUT2D eigenvalue weighted by molar-refractivity contribution is -0.148. The zero-order chi connectivity index (χ0) is 7.28. The van der Waals surface area contributed by atoms with Crippen LogP contribution >= 0.6 is 0 Å². The van der Waals surface area contributed by atoms with E-state index in [0.717, 1.165) is 0 Å². The van der Waals surface area contributed by atoms with Gasteiger partial charge in [0.1, 0.15) is 10.6 Å². The van der Waals surface area contributed by atoms with E-state index in [1.165, 1.54) is 0 Å². The van der Waals surface area contributed by atoms with Gasteiger partial charge in [-0.15, -0.1) is 0 Å². The minimum absolute atomic E-state index is 0.557. The van der Waals surface area contributed by atoms with E-state index in [-0.39, 0.29) is 0 Å². The van der Waals surface area contributed by atoms with Crippen molar-refractivity contribution in [3.05, 3.63) is 0 Å². The Balaban J connectivity index is 3.78. The summed E-state index contributed by atoms with van der Waals surface area (Å²) in [4.78, 5) is 22.2. The Bertz CT molecular complexity index is 181. The van der Waals surface area contributed by atoms with Gasteiger partial charge in [-0.1, -0.05) is 0 Å². The van der Waals surface area contributed by atoms with E-state index in [1.807, 2.05) is 0 Å². The summed E-state index contributed by atoms with van der Waals surface area (Å²) in [7, 11) is 0. The van der Waals surface area contributed by atoms with Crippen molar-refractivity contribution in [2.24, 2.45) is 5.11 Å². The van der Waals surface area contributed by atoms with Gasteiger partial charge in [0.05, 0.1) is 0 Å². The molecule has 0 aliphatic carbocycles. The van der Waals surface area contributed by atoms with E-state index in [0.29, 0.717) is 0 Å². The highest BCUT2D eigenvalue weighted by molar-refractivity contribution is 6.33. The molecule has 0 rings (SSSR count). The maximum absolute atomic E-state index is 10.1. The van der Waals surface area contributed by atoms with E-state index in [1.54, 1.807) is 0 Å². The average Bonchev–Trinajstić information content (AvgIpc) is 1.82. The topological polar surface area (TPSA) is 105 Å². The third-order valence-electron chi connectivity index (χ3n) is 0.524. The number of carbonyl (C=O) groups excluding carboxylic acids is 1. The van der Waals surface area contributed by atoms with Gasteiger partial charge in [0.25, 0.3) is 5.78 Å². The van der Waals surface area contributed by atoms with Gasteiger partial charge < -0.3 is 5.11 Å². The Hall–Kier alpha value is -1.55. The molecule has 0 amide bonds. The van der Waals surface area contributed by atoms with Gasteiger partial charge in [-0.05, 0) is 0 Å². The molecule has 0 spiro atoms. The average molecular weight is 130 g/mol. The number of hydrogen-bond donors (Lipinski definition) is 2. The Morgan fingerprint density at radius 2 is 2.22 bits per heavy atom. The first-order chi connectivity index (χ1) is 4.18. The molecular weight excluding hydrogens is 126 g/mol. The van der Waals surface area contributed by atoms with Crippen molar-refractivity contribution < 1.29 is 14.7 Å². The zero-order valence-corrected chi connectivity index (χ0v) is 4.37. The van der Waals surface area contributed by atoms with Crippen LogP contribution in [0, 0.1) is 5.53 Å². The molecule has 0 heterocycles. The molecule has 0 unspecified atom stereocenters. The molecule has 0 aromatic heterocycles. The number of aliphatic carboxylic acids is 1. The molecule has 0 radical (unpaired) electrons. The normalized spacial score (nSPS) is 7.56. The van der Waals surface area contributed by atoms with Crippen molar-refractivity contribution >= 4 is 11.8 Å². The van der Waals surface area contributed by atoms with Gasteiger partial charge in [0, 0.05) is 0 Å². The summed E-state index contributed by atoms with van der Waals surface area (Å²) < 4.78 is 0. The fraction of sp³-hybridized carbons (Fsp3) is 0.333. The Labute approximate surface area is 49.7 Å². The Morgan fingerprint density at radius 1 is 1.67 bits per heavy atom. The lowest BCUT2D eigenvalue weighted by Gasteiger charge is -1.77. The predicted octanol–water partition coefficient (Wildman–Crippen LogP) is -0.810. The first-order valence-electron chi connectivity index (χ1n) is 1.98. The lowest BCUT2D eigenvalue weighted by Crippen LogP contribution is -2.15. The smallest absolute Gasteiger partial charge is 0.374 e. The first-order valence-corrected chi connectivity index (χ1v) is 1.98. The highest BCUT2D eigenvalue weighted by Crippen LogP contribution is 1.71. The maximum Gasteiger partial charge on any atom is 0.374 e. The molecule has 0 fully saturated rings. The summed E-state index contributed by atoms with van der Waals surface area (Å²) in [5.74, 6) is -2.62. The van der Waals surface area contributed by atoms with E-state index in [2.05, 4.69) is 10.0 Å². The molecule has 9 heavy (non-hydrogen) atoms. The SMILES string of the molecule is N=[N+]=NCC(=O)C(=O)O. The number of ketones is 1. The van der Waals surface area contributed by atoms with Gasteiger partial charge in [0.15, 0.2) is 6.54 Å². The summed E-state index contributed by atoms with van der Waals surface area (Å²) in [6, 6.07) is 0.